The zero-order chi connectivity index (χ0) is 10.6. The van der Waals surface area contributed by atoms with Crippen molar-refractivity contribution < 1.29 is 9.47 Å². The number of rotatable bonds is 4. The highest BCUT2D eigenvalue weighted by Gasteiger charge is 2.06. The number of ether oxygens (including phenoxy) is 2. The van der Waals surface area contributed by atoms with Gasteiger partial charge in [0, 0.05) is 11.6 Å². The summed E-state index contributed by atoms with van der Waals surface area (Å²) in [6.07, 6.45) is 0. The van der Waals surface area contributed by atoms with Crippen LogP contribution in [0.1, 0.15) is 0 Å². The average molecular weight is 300 g/mol. The van der Waals surface area contributed by atoms with Gasteiger partial charge in [-0.2, -0.15) is 0 Å². The van der Waals surface area contributed by atoms with Gasteiger partial charge in [0.05, 0.1) is 16.7 Å². The first kappa shape index (κ1) is 12.1. The van der Waals surface area contributed by atoms with Crippen LogP contribution in [-0.2, 0) is 4.74 Å². The van der Waals surface area contributed by atoms with E-state index < -0.39 is 0 Å². The Hall–Kier alpha value is 0.0400. The molecule has 0 radical (unpaired) electrons. The summed E-state index contributed by atoms with van der Waals surface area (Å²) in [6, 6.07) is 3.37. The molecule has 0 unspecified atom stereocenters. The molecule has 0 aliphatic heterocycles. The zero-order valence-corrected chi connectivity index (χ0v) is 10.6. The molecule has 0 heterocycles. The molecule has 0 saturated carbocycles. The molecule has 1 rings (SSSR count). The first-order valence-corrected chi connectivity index (χ1v) is 5.46. The topological polar surface area (TPSA) is 18.5 Å². The van der Waals surface area contributed by atoms with Crippen LogP contribution in [0, 0.1) is 0 Å². The molecule has 0 aliphatic carbocycles. The minimum Gasteiger partial charge on any atom is -0.490 e. The Bertz CT molecular complexity index is 318. The fraction of sp³-hybridized carbons (Fsp3) is 0.333. The molecular formula is C9H9BrCl2O2. The van der Waals surface area contributed by atoms with Gasteiger partial charge in [-0.25, -0.2) is 0 Å². The van der Waals surface area contributed by atoms with Crippen LogP contribution in [-0.4, -0.2) is 20.3 Å². The smallest absolute Gasteiger partial charge is 0.139 e. The van der Waals surface area contributed by atoms with Crippen LogP contribution in [0.25, 0.3) is 0 Å². The minimum atomic E-state index is 0.463. The zero-order valence-electron chi connectivity index (χ0n) is 7.52. The van der Waals surface area contributed by atoms with Gasteiger partial charge in [-0.15, -0.1) is 0 Å². The quantitative estimate of drug-likeness (QED) is 0.622. The summed E-state index contributed by atoms with van der Waals surface area (Å²) in [4.78, 5) is 0. The fourth-order valence-electron chi connectivity index (χ4n) is 0.850. The summed E-state index contributed by atoms with van der Waals surface area (Å²) in [5, 5.41) is 1.06. The van der Waals surface area contributed by atoms with Gasteiger partial charge in [0.2, 0.25) is 0 Å². The highest BCUT2D eigenvalue weighted by atomic mass is 79.9. The van der Waals surface area contributed by atoms with E-state index in [1.165, 1.54) is 0 Å². The highest BCUT2D eigenvalue weighted by Crippen LogP contribution is 2.33. The molecule has 0 aliphatic rings. The van der Waals surface area contributed by atoms with Crippen molar-refractivity contribution in [3.05, 3.63) is 26.7 Å². The van der Waals surface area contributed by atoms with E-state index in [1.807, 2.05) is 0 Å². The number of hydrogen-bond acceptors (Lipinski definition) is 2. The second-order valence-electron chi connectivity index (χ2n) is 2.54. The van der Waals surface area contributed by atoms with Gasteiger partial charge in [0.25, 0.3) is 0 Å². The molecule has 0 amide bonds. The van der Waals surface area contributed by atoms with Crippen LogP contribution in [0.15, 0.2) is 16.6 Å². The maximum absolute atomic E-state index is 5.91. The van der Waals surface area contributed by atoms with Crippen LogP contribution in [0.2, 0.25) is 10.0 Å². The lowest BCUT2D eigenvalue weighted by atomic mass is 10.3. The number of halogens is 3. The molecule has 78 valence electrons. The monoisotopic (exact) mass is 298 g/mol. The van der Waals surface area contributed by atoms with Crippen molar-refractivity contribution in [2.24, 2.45) is 0 Å². The van der Waals surface area contributed by atoms with E-state index in [4.69, 9.17) is 32.7 Å². The third-order valence-electron chi connectivity index (χ3n) is 1.52. The molecule has 0 aromatic heterocycles. The second kappa shape index (κ2) is 5.81. The normalized spacial score (nSPS) is 10.3. The van der Waals surface area contributed by atoms with Crippen LogP contribution in [0.3, 0.4) is 0 Å². The Morgan fingerprint density at radius 3 is 2.57 bits per heavy atom. The lowest BCUT2D eigenvalue weighted by Crippen LogP contribution is -2.04. The predicted molar refractivity (Wildman–Crippen MR) is 61.5 cm³/mol. The first-order valence-electron chi connectivity index (χ1n) is 3.91. The van der Waals surface area contributed by atoms with E-state index >= 15 is 0 Å². The average Bonchev–Trinajstić information content (AvgIpc) is 2.14. The van der Waals surface area contributed by atoms with Gasteiger partial charge >= 0.3 is 0 Å². The largest absolute Gasteiger partial charge is 0.490 e. The Morgan fingerprint density at radius 2 is 1.93 bits per heavy atom. The van der Waals surface area contributed by atoms with E-state index in [1.54, 1.807) is 19.2 Å². The van der Waals surface area contributed by atoms with Crippen molar-refractivity contribution in [2.75, 3.05) is 20.3 Å². The summed E-state index contributed by atoms with van der Waals surface area (Å²) in [7, 11) is 1.61. The number of hydrogen-bond donors (Lipinski definition) is 0. The van der Waals surface area contributed by atoms with Gasteiger partial charge < -0.3 is 9.47 Å². The Labute approximate surface area is 101 Å². The summed E-state index contributed by atoms with van der Waals surface area (Å²) in [5.41, 5.74) is 0. The Balaban J connectivity index is 2.72. The van der Waals surface area contributed by atoms with Gasteiger partial charge in [0.1, 0.15) is 12.4 Å². The van der Waals surface area contributed by atoms with Crippen molar-refractivity contribution in [1.82, 2.24) is 0 Å². The van der Waals surface area contributed by atoms with Gasteiger partial charge in [-0.05, 0) is 28.1 Å². The van der Waals surface area contributed by atoms with Gasteiger partial charge in [-0.3, -0.25) is 0 Å². The van der Waals surface area contributed by atoms with E-state index in [-0.39, 0.29) is 0 Å². The molecule has 14 heavy (non-hydrogen) atoms. The molecule has 0 bridgehead atoms. The highest BCUT2D eigenvalue weighted by molar-refractivity contribution is 9.10. The van der Waals surface area contributed by atoms with Crippen molar-refractivity contribution in [3.8, 4) is 5.75 Å². The van der Waals surface area contributed by atoms with E-state index in [9.17, 15) is 0 Å². The molecule has 1 aromatic carbocycles. The molecule has 1 aromatic rings. The molecule has 0 fully saturated rings. The lowest BCUT2D eigenvalue weighted by molar-refractivity contribution is 0.146. The van der Waals surface area contributed by atoms with E-state index in [0.717, 1.165) is 4.47 Å². The number of methoxy groups -OCH3 is 1. The Kier molecular flexibility index (Phi) is 5.02. The maximum Gasteiger partial charge on any atom is 0.139 e. The minimum absolute atomic E-state index is 0.463. The fourth-order valence-corrected chi connectivity index (χ4v) is 1.61. The molecule has 2 nitrogen and oxygen atoms in total. The molecule has 5 heteroatoms. The summed E-state index contributed by atoms with van der Waals surface area (Å²) in [6.45, 7) is 0.987. The molecular weight excluding hydrogens is 291 g/mol. The predicted octanol–water partition coefficient (Wildman–Crippen LogP) is 3.78. The molecule has 0 spiro atoms. The van der Waals surface area contributed by atoms with E-state index in [0.29, 0.717) is 29.0 Å². The van der Waals surface area contributed by atoms with Gasteiger partial charge in [-0.1, -0.05) is 23.2 Å². The lowest BCUT2D eigenvalue weighted by Gasteiger charge is -2.08. The molecule has 0 N–H and O–H groups in total. The standard InChI is InChI=1S/C9H9BrCl2O2/c1-13-2-3-14-9-4-6(10)7(11)5-8(9)12/h4-5H,2-3H2,1H3. The van der Waals surface area contributed by atoms with Crippen molar-refractivity contribution in [3.63, 3.8) is 0 Å². The van der Waals surface area contributed by atoms with E-state index in [2.05, 4.69) is 15.9 Å². The summed E-state index contributed by atoms with van der Waals surface area (Å²) in [5.74, 6) is 0.597. The molecule has 0 saturated heterocycles. The second-order valence-corrected chi connectivity index (χ2v) is 4.21. The van der Waals surface area contributed by atoms with Gasteiger partial charge in [0.15, 0.2) is 0 Å². The van der Waals surface area contributed by atoms with Crippen LogP contribution in [0.4, 0.5) is 0 Å². The summed E-state index contributed by atoms with van der Waals surface area (Å²) >= 11 is 15.0. The van der Waals surface area contributed by atoms with Crippen LogP contribution < -0.4 is 4.74 Å². The first-order chi connectivity index (χ1) is 6.65. The Morgan fingerprint density at radius 1 is 1.21 bits per heavy atom. The van der Waals surface area contributed by atoms with Crippen molar-refractivity contribution >= 4 is 39.1 Å². The number of benzene rings is 1. The third-order valence-corrected chi connectivity index (χ3v) is 3.01. The van der Waals surface area contributed by atoms with Crippen LogP contribution in [0.5, 0.6) is 5.75 Å². The SMILES string of the molecule is COCCOc1cc(Br)c(Cl)cc1Cl. The van der Waals surface area contributed by atoms with Crippen molar-refractivity contribution in [2.45, 2.75) is 0 Å². The maximum atomic E-state index is 5.91. The summed E-state index contributed by atoms with van der Waals surface area (Å²) < 4.78 is 11.0. The van der Waals surface area contributed by atoms with Crippen LogP contribution >= 0.6 is 39.1 Å². The molecule has 0 atom stereocenters. The third kappa shape index (κ3) is 3.31. The van der Waals surface area contributed by atoms with Crippen molar-refractivity contribution in [1.29, 1.82) is 0 Å².